The molecule has 0 saturated heterocycles. The van der Waals surface area contributed by atoms with Crippen molar-refractivity contribution < 1.29 is 19.1 Å². The number of methoxy groups -OCH3 is 1. The van der Waals surface area contributed by atoms with Crippen molar-refractivity contribution in [2.24, 2.45) is 0 Å². The van der Waals surface area contributed by atoms with E-state index >= 15 is 0 Å². The van der Waals surface area contributed by atoms with E-state index in [-0.39, 0.29) is 24.3 Å². The second-order valence-corrected chi connectivity index (χ2v) is 11.2. The second kappa shape index (κ2) is 12.5. The summed E-state index contributed by atoms with van der Waals surface area (Å²) >= 11 is 0. The third-order valence-electron chi connectivity index (χ3n) is 8.21. The number of aromatic amines is 1. The lowest BCUT2D eigenvalue weighted by molar-refractivity contribution is -0.127. The van der Waals surface area contributed by atoms with Crippen LogP contribution in [0.4, 0.5) is 4.79 Å². The lowest BCUT2D eigenvalue weighted by atomic mass is 9.71. The van der Waals surface area contributed by atoms with Crippen LogP contribution in [0.3, 0.4) is 0 Å². The number of aromatic nitrogens is 2. The zero-order valence-corrected chi connectivity index (χ0v) is 23.7. The van der Waals surface area contributed by atoms with Crippen LogP contribution in [0.15, 0.2) is 79.1 Å². The number of benzene rings is 2. The van der Waals surface area contributed by atoms with E-state index in [4.69, 9.17) is 9.47 Å². The van der Waals surface area contributed by atoms with Gasteiger partial charge in [-0.25, -0.2) is 4.79 Å². The SMILES string of the molecule is COc1cccc(COC(=O)N[C@@](C)(Cc2c[nH]c3ccccc23)C(=O)NCC2(c3ccccn3)CCCCC2)c1. The predicted octanol–water partition coefficient (Wildman–Crippen LogP) is 5.82. The number of nitrogens with one attached hydrogen (secondary N) is 3. The van der Waals surface area contributed by atoms with Gasteiger partial charge in [-0.2, -0.15) is 0 Å². The summed E-state index contributed by atoms with van der Waals surface area (Å²) in [7, 11) is 1.59. The molecule has 1 fully saturated rings. The normalized spacial score (nSPS) is 16.0. The molecule has 3 N–H and O–H groups in total. The maximum Gasteiger partial charge on any atom is 0.408 e. The number of amides is 2. The highest BCUT2D eigenvalue weighted by atomic mass is 16.5. The molecule has 2 aromatic heterocycles. The van der Waals surface area contributed by atoms with Gasteiger partial charge in [-0.3, -0.25) is 9.78 Å². The summed E-state index contributed by atoms with van der Waals surface area (Å²) in [6.45, 7) is 2.26. The number of alkyl carbamates (subject to hydrolysis) is 1. The van der Waals surface area contributed by atoms with E-state index in [1.807, 2.05) is 73.1 Å². The van der Waals surface area contributed by atoms with Gasteiger partial charge in [0.15, 0.2) is 0 Å². The van der Waals surface area contributed by atoms with Gasteiger partial charge in [0.1, 0.15) is 17.9 Å². The minimum atomic E-state index is -1.27. The molecule has 214 valence electrons. The number of hydrogen-bond acceptors (Lipinski definition) is 5. The molecule has 2 heterocycles. The molecule has 1 atom stereocenters. The van der Waals surface area contributed by atoms with Gasteiger partial charge in [0.05, 0.1) is 7.11 Å². The molecule has 1 aliphatic carbocycles. The first kappa shape index (κ1) is 28.2. The van der Waals surface area contributed by atoms with E-state index in [1.54, 1.807) is 14.0 Å². The molecule has 4 aromatic rings. The third-order valence-corrected chi connectivity index (χ3v) is 8.21. The van der Waals surface area contributed by atoms with Crippen molar-refractivity contribution >= 4 is 22.9 Å². The summed E-state index contributed by atoms with van der Waals surface area (Å²) in [5.74, 6) is 0.418. The van der Waals surface area contributed by atoms with Gasteiger partial charge in [0, 0.05) is 47.4 Å². The van der Waals surface area contributed by atoms with Crippen molar-refractivity contribution in [2.45, 2.75) is 63.0 Å². The number of H-pyrrole nitrogens is 1. The molecule has 8 heteroatoms. The van der Waals surface area contributed by atoms with Crippen LogP contribution in [0, 0.1) is 0 Å². The number of ether oxygens (including phenoxy) is 2. The number of nitrogens with zero attached hydrogens (tertiary/aromatic N) is 1. The Morgan fingerprint density at radius 1 is 1.02 bits per heavy atom. The quantitative estimate of drug-likeness (QED) is 0.229. The average Bonchev–Trinajstić information content (AvgIpc) is 3.42. The average molecular weight is 555 g/mol. The minimum Gasteiger partial charge on any atom is -0.497 e. The van der Waals surface area contributed by atoms with Crippen LogP contribution in [0.2, 0.25) is 0 Å². The summed E-state index contributed by atoms with van der Waals surface area (Å²) in [5, 5.41) is 7.12. The summed E-state index contributed by atoms with van der Waals surface area (Å²) in [4.78, 5) is 35.1. The van der Waals surface area contributed by atoms with E-state index in [2.05, 4.69) is 26.7 Å². The molecule has 0 bridgehead atoms. The topological polar surface area (TPSA) is 105 Å². The van der Waals surface area contributed by atoms with Crippen molar-refractivity contribution in [3.8, 4) is 5.75 Å². The molecule has 1 aliphatic rings. The van der Waals surface area contributed by atoms with Crippen LogP contribution < -0.4 is 15.4 Å². The van der Waals surface area contributed by atoms with Gasteiger partial charge in [0.2, 0.25) is 5.91 Å². The van der Waals surface area contributed by atoms with E-state index in [0.29, 0.717) is 12.3 Å². The Labute approximate surface area is 240 Å². The standard InChI is InChI=1S/C33H38N4O4/c1-32(20-25-21-35-28-14-5-4-13-27(25)28,37-31(39)41-22-24-11-10-12-26(19-24)40-2)30(38)36-23-33(16-7-3-8-17-33)29-15-6-9-18-34-29/h4-6,9-15,18-19,21,35H,3,7-8,16-17,20,22-23H2,1-2H3,(H,36,38)(H,37,39)/t32-/m0/s1. The Balaban J connectivity index is 1.35. The van der Waals surface area contributed by atoms with Gasteiger partial charge in [0.25, 0.3) is 0 Å². The molecule has 0 aliphatic heterocycles. The molecule has 2 amide bonds. The summed E-state index contributed by atoms with van der Waals surface area (Å²) in [6, 6.07) is 21.2. The molecular weight excluding hydrogens is 516 g/mol. The molecule has 8 nitrogen and oxygen atoms in total. The molecule has 2 aromatic carbocycles. The van der Waals surface area contributed by atoms with Crippen LogP contribution in [-0.2, 0) is 28.0 Å². The Morgan fingerprint density at radius 2 is 1.83 bits per heavy atom. The Morgan fingerprint density at radius 3 is 2.61 bits per heavy atom. The fourth-order valence-corrected chi connectivity index (χ4v) is 5.89. The van der Waals surface area contributed by atoms with E-state index in [0.717, 1.165) is 53.4 Å². The Hall–Kier alpha value is -4.33. The molecule has 0 unspecified atom stereocenters. The van der Waals surface area contributed by atoms with Gasteiger partial charge in [-0.05, 0) is 61.2 Å². The fourth-order valence-electron chi connectivity index (χ4n) is 5.89. The van der Waals surface area contributed by atoms with E-state index in [9.17, 15) is 9.59 Å². The maximum atomic E-state index is 14.0. The number of pyridine rings is 1. The van der Waals surface area contributed by atoms with Gasteiger partial charge in [-0.1, -0.05) is 55.7 Å². The maximum absolute atomic E-state index is 14.0. The number of para-hydroxylation sites is 1. The largest absolute Gasteiger partial charge is 0.497 e. The molecule has 5 rings (SSSR count). The third kappa shape index (κ3) is 6.53. The lowest BCUT2D eigenvalue weighted by Crippen LogP contribution is -2.59. The molecule has 41 heavy (non-hydrogen) atoms. The fraction of sp³-hybridized carbons (Fsp3) is 0.364. The molecular formula is C33H38N4O4. The minimum absolute atomic E-state index is 0.0522. The lowest BCUT2D eigenvalue weighted by Gasteiger charge is -2.38. The van der Waals surface area contributed by atoms with E-state index < -0.39 is 11.6 Å². The zero-order chi connectivity index (χ0) is 28.7. The highest BCUT2D eigenvalue weighted by molar-refractivity contribution is 5.91. The van der Waals surface area contributed by atoms with Gasteiger partial charge < -0.3 is 25.1 Å². The number of fused-ring (bicyclic) bond motifs is 1. The first-order valence-electron chi connectivity index (χ1n) is 14.2. The van der Waals surface area contributed by atoms with Crippen LogP contribution in [0.1, 0.15) is 55.8 Å². The first-order chi connectivity index (χ1) is 19.9. The zero-order valence-electron chi connectivity index (χ0n) is 23.7. The predicted molar refractivity (Wildman–Crippen MR) is 159 cm³/mol. The monoisotopic (exact) mass is 554 g/mol. The highest BCUT2D eigenvalue weighted by Gasteiger charge is 2.40. The molecule has 0 radical (unpaired) electrons. The van der Waals surface area contributed by atoms with Crippen LogP contribution in [0.25, 0.3) is 10.9 Å². The van der Waals surface area contributed by atoms with Crippen molar-refractivity contribution in [2.75, 3.05) is 13.7 Å². The summed E-state index contributed by atoms with van der Waals surface area (Å²) < 4.78 is 10.8. The van der Waals surface area contributed by atoms with E-state index in [1.165, 1.54) is 6.42 Å². The van der Waals surface area contributed by atoms with Crippen molar-refractivity contribution in [3.63, 3.8) is 0 Å². The highest BCUT2D eigenvalue weighted by Crippen LogP contribution is 2.38. The van der Waals surface area contributed by atoms with Crippen molar-refractivity contribution in [1.82, 2.24) is 20.6 Å². The molecule has 1 saturated carbocycles. The number of hydrogen-bond donors (Lipinski definition) is 3. The number of carbonyl (C=O) groups excluding carboxylic acids is 2. The Bertz CT molecular complexity index is 1480. The number of carbonyl (C=O) groups is 2. The van der Waals surface area contributed by atoms with Crippen molar-refractivity contribution in [3.05, 3.63) is 95.9 Å². The first-order valence-corrected chi connectivity index (χ1v) is 14.2. The van der Waals surface area contributed by atoms with Crippen LogP contribution in [-0.4, -0.2) is 41.2 Å². The van der Waals surface area contributed by atoms with Gasteiger partial charge in [-0.15, -0.1) is 0 Å². The molecule has 0 spiro atoms. The Kier molecular flexibility index (Phi) is 8.57. The van der Waals surface area contributed by atoms with Crippen LogP contribution in [0.5, 0.6) is 5.75 Å². The van der Waals surface area contributed by atoms with Crippen molar-refractivity contribution in [1.29, 1.82) is 0 Å². The smallest absolute Gasteiger partial charge is 0.408 e. The summed E-state index contributed by atoms with van der Waals surface area (Å²) in [5.41, 5.74) is 2.20. The van der Waals surface area contributed by atoms with Crippen LogP contribution >= 0.6 is 0 Å². The second-order valence-electron chi connectivity index (χ2n) is 11.2. The van der Waals surface area contributed by atoms with Gasteiger partial charge >= 0.3 is 6.09 Å². The number of rotatable bonds is 10. The summed E-state index contributed by atoms with van der Waals surface area (Å²) in [6.07, 6.45) is 8.61.